The second-order valence-electron chi connectivity index (χ2n) is 5.84. The molecule has 7 N–H and O–H groups in total. The van der Waals surface area contributed by atoms with E-state index in [0.717, 1.165) is 32.6 Å². The van der Waals surface area contributed by atoms with Crippen molar-refractivity contribution in [1.29, 1.82) is 0 Å². The third-order valence-corrected chi connectivity index (χ3v) is 3.95. The van der Waals surface area contributed by atoms with E-state index in [1.165, 1.54) is 24.3 Å². The molecule has 0 spiro atoms. The molecule has 0 heterocycles. The van der Waals surface area contributed by atoms with Gasteiger partial charge in [0.2, 0.25) is 5.88 Å². The Balaban J connectivity index is 2.69. The minimum atomic E-state index is -0.491. The number of hydrogen-bond acceptors (Lipinski definition) is 6. The summed E-state index contributed by atoms with van der Waals surface area (Å²) in [6, 6.07) is 4.11. The van der Waals surface area contributed by atoms with Crippen LogP contribution < -0.4 is 22.5 Å². The van der Waals surface area contributed by atoms with E-state index in [1.807, 2.05) is 7.05 Å². The molecule has 1 aromatic rings. The van der Waals surface area contributed by atoms with Gasteiger partial charge in [0.05, 0.1) is 5.70 Å². The number of nitrogens with two attached hydrogens (primary N) is 3. The van der Waals surface area contributed by atoms with Gasteiger partial charge < -0.3 is 27.3 Å². The lowest BCUT2D eigenvalue weighted by Gasteiger charge is -2.21. The van der Waals surface area contributed by atoms with Gasteiger partial charge in [-0.2, -0.15) is 0 Å². The van der Waals surface area contributed by atoms with Crippen LogP contribution in [0.4, 0.5) is 4.39 Å². The van der Waals surface area contributed by atoms with Gasteiger partial charge in [0.15, 0.2) is 0 Å². The number of likely N-dealkylation sites (N-methyl/N-ethyl adjacent to an activating group) is 1. The first-order chi connectivity index (χ1) is 12.4. The Labute approximate surface area is 159 Å². The zero-order valence-electron chi connectivity index (χ0n) is 15.4. The highest BCUT2D eigenvalue weighted by molar-refractivity contribution is 6.30. The number of benzene rings is 1. The van der Waals surface area contributed by atoms with Crippen LogP contribution in [-0.4, -0.2) is 44.7 Å². The van der Waals surface area contributed by atoms with Gasteiger partial charge in [-0.1, -0.05) is 18.5 Å². The van der Waals surface area contributed by atoms with Crippen LogP contribution >= 0.6 is 11.6 Å². The van der Waals surface area contributed by atoms with Crippen molar-refractivity contribution in [1.82, 2.24) is 10.2 Å². The van der Waals surface area contributed by atoms with E-state index in [2.05, 4.69) is 17.1 Å². The Bertz CT molecular complexity index is 636. The smallest absolute Gasteiger partial charge is 0.208 e. The Hall–Kier alpha value is -1.96. The summed E-state index contributed by atoms with van der Waals surface area (Å²) >= 11 is 5.87. The Morgan fingerprint density at radius 3 is 2.65 bits per heavy atom. The summed E-state index contributed by atoms with van der Waals surface area (Å²) in [5.41, 5.74) is 18.1. The quantitative estimate of drug-likeness (QED) is 0.342. The lowest BCUT2D eigenvalue weighted by Crippen LogP contribution is -2.34. The highest BCUT2D eigenvalue weighted by atomic mass is 35.5. The molecule has 0 radical (unpaired) electrons. The number of allylic oxidation sites excluding steroid dienone is 1. The molecule has 0 aliphatic rings. The fourth-order valence-corrected chi connectivity index (χ4v) is 2.50. The maximum atomic E-state index is 13.8. The number of nitrogens with one attached hydrogen (secondary N) is 1. The molecular formula is C18H29ClFN5O. The number of hydrogen-bond donors (Lipinski definition) is 4. The zero-order chi connectivity index (χ0) is 19.5. The molecule has 6 nitrogen and oxygen atoms in total. The molecular weight excluding hydrogens is 357 g/mol. The first kappa shape index (κ1) is 22.1. The van der Waals surface area contributed by atoms with Crippen molar-refractivity contribution in [3.8, 4) is 0 Å². The van der Waals surface area contributed by atoms with Gasteiger partial charge in [-0.25, -0.2) is 4.39 Å². The molecule has 0 unspecified atom stereocenters. The van der Waals surface area contributed by atoms with Gasteiger partial charge >= 0.3 is 0 Å². The Kier molecular flexibility index (Phi) is 9.87. The third kappa shape index (κ3) is 7.51. The molecule has 0 saturated carbocycles. The topological polar surface area (TPSA) is 103 Å². The van der Waals surface area contributed by atoms with Gasteiger partial charge in [0, 0.05) is 35.9 Å². The molecule has 26 heavy (non-hydrogen) atoms. The maximum Gasteiger partial charge on any atom is 0.208 e. The number of nitrogens with zero attached hydrogens (tertiary/aromatic N) is 1. The van der Waals surface area contributed by atoms with E-state index >= 15 is 0 Å². The van der Waals surface area contributed by atoms with E-state index in [9.17, 15) is 4.39 Å². The maximum absolute atomic E-state index is 13.8. The van der Waals surface area contributed by atoms with Crippen molar-refractivity contribution in [2.45, 2.75) is 13.3 Å². The van der Waals surface area contributed by atoms with Gasteiger partial charge in [-0.15, -0.1) is 0 Å². The lowest BCUT2D eigenvalue weighted by atomic mass is 10.1. The van der Waals surface area contributed by atoms with Crippen LogP contribution in [0.2, 0.25) is 5.02 Å². The standard InChI is InChI=1S/C18H29ClFN5O/c1-3-7-25(8-6-24-2)9-10-26-18(23)17(22)12-16(21)14-11-13(19)4-5-15(14)20/h4-5,11-12,24H,3,6-10,21-23H2,1-2H3/b16-12-,18-17-. The first-order valence-corrected chi connectivity index (χ1v) is 8.94. The molecule has 0 fully saturated rings. The fraction of sp³-hybridized carbons (Fsp3) is 0.444. The van der Waals surface area contributed by atoms with Gasteiger partial charge in [0.25, 0.3) is 0 Å². The molecule has 0 saturated heterocycles. The summed E-state index contributed by atoms with van der Waals surface area (Å²) in [5, 5.41) is 3.50. The van der Waals surface area contributed by atoms with Crippen LogP contribution in [0.5, 0.6) is 0 Å². The molecule has 146 valence electrons. The highest BCUT2D eigenvalue weighted by Crippen LogP contribution is 2.20. The van der Waals surface area contributed by atoms with Crippen LogP contribution in [0, 0.1) is 5.82 Å². The largest absolute Gasteiger partial charge is 0.477 e. The second kappa shape index (κ2) is 11.6. The molecule has 0 aromatic heterocycles. The average molecular weight is 386 g/mol. The van der Waals surface area contributed by atoms with Crippen molar-refractivity contribution in [3.05, 3.63) is 52.3 Å². The number of rotatable bonds is 11. The van der Waals surface area contributed by atoms with E-state index in [4.69, 9.17) is 33.5 Å². The minimum absolute atomic E-state index is 0.0560. The third-order valence-electron chi connectivity index (χ3n) is 3.72. The normalized spacial score (nSPS) is 13.0. The number of halogens is 2. The SMILES string of the molecule is CCCN(CCNC)CCO/C(N)=C(N)/C=C(\N)c1cc(Cl)ccc1F. The van der Waals surface area contributed by atoms with E-state index < -0.39 is 5.82 Å². The van der Waals surface area contributed by atoms with E-state index in [-0.39, 0.29) is 22.8 Å². The van der Waals surface area contributed by atoms with Crippen LogP contribution in [0.3, 0.4) is 0 Å². The van der Waals surface area contributed by atoms with E-state index in [1.54, 1.807) is 0 Å². The molecule has 0 bridgehead atoms. The Morgan fingerprint density at radius 2 is 2.00 bits per heavy atom. The van der Waals surface area contributed by atoms with E-state index in [0.29, 0.717) is 11.6 Å². The molecule has 0 aliphatic carbocycles. The molecule has 0 amide bonds. The van der Waals surface area contributed by atoms with Crippen LogP contribution in [0.15, 0.2) is 35.9 Å². The van der Waals surface area contributed by atoms with Gasteiger partial charge in [0.1, 0.15) is 12.4 Å². The van der Waals surface area contributed by atoms with Crippen molar-refractivity contribution < 1.29 is 9.13 Å². The first-order valence-electron chi connectivity index (χ1n) is 8.56. The molecule has 1 aromatic carbocycles. The molecule has 0 atom stereocenters. The van der Waals surface area contributed by atoms with Crippen LogP contribution in [0.25, 0.3) is 5.70 Å². The predicted molar refractivity (Wildman–Crippen MR) is 106 cm³/mol. The van der Waals surface area contributed by atoms with Crippen molar-refractivity contribution in [2.75, 3.05) is 39.8 Å². The fourth-order valence-electron chi connectivity index (χ4n) is 2.32. The summed E-state index contributed by atoms with van der Waals surface area (Å²) in [5.74, 6) is -0.435. The van der Waals surface area contributed by atoms with Gasteiger partial charge in [-0.3, -0.25) is 4.90 Å². The van der Waals surface area contributed by atoms with Crippen LogP contribution in [0.1, 0.15) is 18.9 Å². The predicted octanol–water partition coefficient (Wildman–Crippen LogP) is 1.81. The summed E-state index contributed by atoms with van der Waals surface area (Å²) < 4.78 is 19.3. The van der Waals surface area contributed by atoms with Crippen molar-refractivity contribution in [2.24, 2.45) is 17.2 Å². The second-order valence-corrected chi connectivity index (χ2v) is 6.27. The summed E-state index contributed by atoms with van der Waals surface area (Å²) in [6.07, 6.45) is 2.43. The summed E-state index contributed by atoms with van der Waals surface area (Å²) in [4.78, 5) is 2.27. The molecule has 0 aliphatic heterocycles. The van der Waals surface area contributed by atoms with Crippen LogP contribution in [-0.2, 0) is 4.74 Å². The summed E-state index contributed by atoms with van der Waals surface area (Å²) in [6.45, 7) is 6.06. The minimum Gasteiger partial charge on any atom is -0.477 e. The summed E-state index contributed by atoms with van der Waals surface area (Å²) in [7, 11) is 1.92. The average Bonchev–Trinajstić information content (AvgIpc) is 2.61. The van der Waals surface area contributed by atoms with Crippen molar-refractivity contribution >= 4 is 17.3 Å². The Morgan fingerprint density at radius 1 is 1.27 bits per heavy atom. The van der Waals surface area contributed by atoms with Gasteiger partial charge in [-0.05, 0) is 44.3 Å². The van der Waals surface area contributed by atoms with Crippen molar-refractivity contribution in [3.63, 3.8) is 0 Å². The number of ether oxygens (including phenoxy) is 1. The highest BCUT2D eigenvalue weighted by Gasteiger charge is 2.08. The lowest BCUT2D eigenvalue weighted by molar-refractivity contribution is 0.154. The monoisotopic (exact) mass is 385 g/mol. The zero-order valence-corrected chi connectivity index (χ0v) is 16.2. The molecule has 8 heteroatoms. The molecule has 1 rings (SSSR count).